The molecule has 0 aromatic heterocycles. The molecule has 322 valence electrons. The van der Waals surface area contributed by atoms with Crippen LogP contribution in [0.25, 0.3) is 16.3 Å². The molecule has 0 spiro atoms. The van der Waals surface area contributed by atoms with E-state index in [1.807, 2.05) is 48.5 Å². The topological polar surface area (TPSA) is 90.0 Å². The van der Waals surface area contributed by atoms with E-state index in [4.69, 9.17) is 0 Å². The zero-order chi connectivity index (χ0) is 42.5. The van der Waals surface area contributed by atoms with Crippen molar-refractivity contribution in [3.05, 3.63) is 96.1 Å². The van der Waals surface area contributed by atoms with E-state index in [2.05, 4.69) is 64.4 Å². The number of carboxylic acid groups (broad SMARTS) is 1. The van der Waals surface area contributed by atoms with Crippen molar-refractivity contribution in [2.75, 3.05) is 39.3 Å². The Morgan fingerprint density at radius 2 is 1.53 bits per heavy atom. The highest BCUT2D eigenvalue weighted by Gasteiger charge is 2.70. The minimum absolute atomic E-state index is 0.00333. The van der Waals surface area contributed by atoms with Crippen LogP contribution in [0.3, 0.4) is 0 Å². The first-order valence-corrected chi connectivity index (χ1v) is 24.6. The Hall–Kier alpha value is -3.30. The number of rotatable bonds is 9. The van der Waals surface area contributed by atoms with Crippen LogP contribution in [0.1, 0.15) is 115 Å². The fourth-order valence-electron chi connectivity index (χ4n) is 15.6. The van der Waals surface area contributed by atoms with Crippen molar-refractivity contribution in [1.29, 1.82) is 0 Å². The van der Waals surface area contributed by atoms with Crippen molar-refractivity contribution < 1.29 is 18.3 Å². The second kappa shape index (κ2) is 14.9. The first kappa shape index (κ1) is 42.0. The second-order valence-corrected chi connectivity index (χ2v) is 23.3. The summed E-state index contributed by atoms with van der Waals surface area (Å²) in [6, 6.07) is 21.0. The summed E-state index contributed by atoms with van der Waals surface area (Å²) in [7, 11) is -3.58. The number of hydrogen-bond acceptors (Lipinski definition) is 5. The minimum Gasteiger partial charge on any atom is -0.478 e. The molecular formula is C52H69N3O4S. The van der Waals surface area contributed by atoms with Gasteiger partial charge in [-0.2, -0.15) is 4.31 Å². The number of sulfonamides is 1. The summed E-state index contributed by atoms with van der Waals surface area (Å²) >= 11 is 0. The third-order valence-corrected chi connectivity index (χ3v) is 20.6. The lowest BCUT2D eigenvalue weighted by Gasteiger charge is -2.72. The molecule has 9 atom stereocenters. The highest BCUT2D eigenvalue weighted by molar-refractivity contribution is 7.89. The number of piperazine rings is 1. The highest BCUT2D eigenvalue weighted by Crippen LogP contribution is 2.76. The quantitative estimate of drug-likeness (QED) is 0.209. The maximum atomic E-state index is 13.9. The zero-order valence-electron chi connectivity index (χ0n) is 37.1. The molecule has 7 nitrogen and oxygen atoms in total. The van der Waals surface area contributed by atoms with E-state index in [9.17, 15) is 18.3 Å². The van der Waals surface area contributed by atoms with Crippen LogP contribution in [0, 0.1) is 51.2 Å². The van der Waals surface area contributed by atoms with Gasteiger partial charge in [-0.1, -0.05) is 101 Å². The van der Waals surface area contributed by atoms with Crippen LogP contribution in [0.4, 0.5) is 0 Å². The average Bonchev–Trinajstić information content (AvgIpc) is 3.61. The van der Waals surface area contributed by atoms with Crippen molar-refractivity contribution in [3.63, 3.8) is 0 Å². The molecule has 60 heavy (non-hydrogen) atoms. The molecule has 4 saturated carbocycles. The molecule has 1 aliphatic heterocycles. The van der Waals surface area contributed by atoms with E-state index in [1.165, 1.54) is 68.1 Å². The van der Waals surface area contributed by atoms with Crippen molar-refractivity contribution in [3.8, 4) is 0 Å². The van der Waals surface area contributed by atoms with Crippen LogP contribution >= 0.6 is 0 Å². The van der Waals surface area contributed by atoms with Crippen LogP contribution in [-0.2, 0) is 10.0 Å². The lowest BCUT2D eigenvalue weighted by Crippen LogP contribution is -2.68. The Bertz CT molecular complexity index is 2310. The number of nitrogens with one attached hydrogen (secondary N) is 1. The van der Waals surface area contributed by atoms with Gasteiger partial charge in [-0.05, 0) is 151 Å². The van der Waals surface area contributed by atoms with E-state index in [0.29, 0.717) is 53.1 Å². The minimum atomic E-state index is -3.58. The van der Waals surface area contributed by atoms with E-state index < -0.39 is 16.0 Å². The monoisotopic (exact) mass is 832 g/mol. The van der Waals surface area contributed by atoms with Gasteiger partial charge < -0.3 is 10.4 Å². The molecule has 6 aliphatic rings. The summed E-state index contributed by atoms with van der Waals surface area (Å²) in [5, 5.41) is 15.6. The number of carboxylic acids is 1. The van der Waals surface area contributed by atoms with Gasteiger partial charge in [-0.15, -0.1) is 0 Å². The first-order valence-electron chi connectivity index (χ1n) is 23.1. The summed E-state index contributed by atoms with van der Waals surface area (Å²) < 4.78 is 29.4. The van der Waals surface area contributed by atoms with Gasteiger partial charge in [0, 0.05) is 50.2 Å². The largest absolute Gasteiger partial charge is 0.478 e. The van der Waals surface area contributed by atoms with Crippen LogP contribution in [0.5, 0.6) is 0 Å². The van der Waals surface area contributed by atoms with Gasteiger partial charge in [-0.3, -0.25) is 4.90 Å². The van der Waals surface area contributed by atoms with E-state index in [0.717, 1.165) is 43.4 Å². The number of hydrogen-bond donors (Lipinski definition) is 2. The average molecular weight is 832 g/mol. The fraction of sp³-hybridized carbons (Fsp3) is 0.596. The van der Waals surface area contributed by atoms with Gasteiger partial charge in [-0.25, -0.2) is 13.2 Å². The Morgan fingerprint density at radius 1 is 0.817 bits per heavy atom. The number of carbonyl (C=O) groups is 1. The van der Waals surface area contributed by atoms with Crippen molar-refractivity contribution in [2.45, 2.75) is 110 Å². The normalized spacial score (nSPS) is 36.7. The summed E-state index contributed by atoms with van der Waals surface area (Å²) in [6.45, 7) is 24.3. The fourth-order valence-corrected chi connectivity index (χ4v) is 17.2. The number of nitrogens with zero attached hydrogens (tertiary/aromatic N) is 2. The predicted octanol–water partition coefficient (Wildman–Crippen LogP) is 10.5. The molecule has 1 saturated heterocycles. The number of aromatic carboxylic acids is 1. The summed E-state index contributed by atoms with van der Waals surface area (Å²) in [5.41, 5.74) is 5.12. The lowest BCUT2D eigenvalue weighted by molar-refractivity contribution is -0.219. The van der Waals surface area contributed by atoms with Crippen LogP contribution in [0.15, 0.2) is 89.9 Å². The van der Waals surface area contributed by atoms with Crippen LogP contribution in [0.2, 0.25) is 0 Å². The molecule has 2 N–H and O–H groups in total. The van der Waals surface area contributed by atoms with Crippen LogP contribution < -0.4 is 5.32 Å². The molecular weight excluding hydrogens is 763 g/mol. The van der Waals surface area contributed by atoms with Crippen molar-refractivity contribution >= 4 is 32.3 Å². The van der Waals surface area contributed by atoms with Crippen molar-refractivity contribution in [1.82, 2.24) is 14.5 Å². The van der Waals surface area contributed by atoms with E-state index in [1.54, 1.807) is 22.5 Å². The van der Waals surface area contributed by atoms with Gasteiger partial charge in [0.25, 0.3) is 0 Å². The summed E-state index contributed by atoms with van der Waals surface area (Å²) in [4.78, 5) is 14.5. The van der Waals surface area contributed by atoms with E-state index in [-0.39, 0.29) is 27.2 Å². The number of allylic oxidation sites excluding steroid dienone is 3. The molecule has 5 aliphatic carbocycles. The first-order chi connectivity index (χ1) is 28.5. The maximum absolute atomic E-state index is 13.9. The predicted molar refractivity (Wildman–Crippen MR) is 243 cm³/mol. The molecule has 0 unspecified atom stereocenters. The highest BCUT2D eigenvalue weighted by atomic mass is 32.2. The summed E-state index contributed by atoms with van der Waals surface area (Å²) in [5.74, 6) is 2.14. The van der Waals surface area contributed by atoms with E-state index >= 15 is 0 Å². The van der Waals surface area contributed by atoms with Gasteiger partial charge in [0.15, 0.2) is 0 Å². The summed E-state index contributed by atoms with van der Waals surface area (Å²) in [6.07, 6.45) is 13.6. The second-order valence-electron chi connectivity index (χ2n) is 21.4. The lowest BCUT2D eigenvalue weighted by atomic mass is 9.33. The van der Waals surface area contributed by atoms with Gasteiger partial charge >= 0.3 is 5.97 Å². The Balaban J connectivity index is 0.899. The molecule has 0 bridgehead atoms. The Kier molecular flexibility index (Phi) is 10.4. The molecule has 3 aromatic rings. The van der Waals surface area contributed by atoms with Gasteiger partial charge in [0.1, 0.15) is 0 Å². The molecule has 0 amide bonds. The molecule has 5 fully saturated rings. The Labute approximate surface area is 360 Å². The van der Waals surface area contributed by atoms with Gasteiger partial charge in [0.05, 0.1) is 10.5 Å². The number of benzene rings is 3. The van der Waals surface area contributed by atoms with Gasteiger partial charge in [0.2, 0.25) is 10.0 Å². The molecule has 3 aromatic carbocycles. The third-order valence-electron chi connectivity index (χ3n) is 18.7. The zero-order valence-corrected chi connectivity index (χ0v) is 37.9. The SMILES string of the molecule is C=C(C)[C@@H]1CC[C@]2(NCCN3CCN(S(=O)(=O)c4cccc5ccccc45)CC3)CC[C@]3(C)[C@H](CC[C@@H]4[C@@]5(C)CC=C(c6ccc(C(=O)O)cc6)C(C)(C)[C@@H]5CC[C@]43C)[C@@H]12. The van der Waals surface area contributed by atoms with Crippen LogP contribution in [-0.4, -0.2) is 73.5 Å². The maximum Gasteiger partial charge on any atom is 0.335 e. The van der Waals surface area contributed by atoms with Crippen molar-refractivity contribution in [2.24, 2.45) is 51.2 Å². The third kappa shape index (κ3) is 6.34. The number of fused-ring (bicyclic) bond motifs is 8. The smallest absolute Gasteiger partial charge is 0.335 e. The molecule has 9 rings (SSSR count). The Morgan fingerprint density at radius 3 is 2.25 bits per heavy atom. The molecule has 1 heterocycles. The molecule has 8 heteroatoms. The molecule has 0 radical (unpaired) electrons. The standard InChI is InChI=1S/C52H69N3O4S/c1-35(2)39-21-26-52(53-29-30-54-31-33-55(34-32-54)60(58,59)43-14-10-12-36-11-8-9-13-40(36)43)28-27-50(6)42(46(39)52)19-20-45-49(5)24-22-41(37-15-17-38(18-16-37)47(56)57)48(3,4)44(49)23-25-51(45,50)7/h8-18,22,39,42,44-46,53H,1,19-21,23-34H2,2-7H3,(H,56,57)/t39-,42+,44-,45+,46+,49-,50+,51+,52-/m0/s1.